The third-order valence-electron chi connectivity index (χ3n) is 5.66. The lowest BCUT2D eigenvalue weighted by atomic mass is 10.0. The van der Waals surface area contributed by atoms with Crippen LogP contribution in [-0.4, -0.2) is 34.4 Å². The molecule has 2 aliphatic heterocycles. The van der Waals surface area contributed by atoms with E-state index in [0.29, 0.717) is 19.3 Å². The second-order valence-corrected chi connectivity index (χ2v) is 7.60. The van der Waals surface area contributed by atoms with Crippen molar-refractivity contribution in [2.45, 2.75) is 25.4 Å². The number of aromatic nitrogens is 2. The molecular formula is C23H25N3O2. The van der Waals surface area contributed by atoms with Gasteiger partial charge in [0.25, 0.3) is 0 Å². The Hall–Kier alpha value is -2.79. The van der Waals surface area contributed by atoms with Crippen molar-refractivity contribution in [3.63, 3.8) is 0 Å². The summed E-state index contributed by atoms with van der Waals surface area (Å²) in [6.07, 6.45) is 4.39. The van der Waals surface area contributed by atoms with Crippen LogP contribution in [0.1, 0.15) is 30.0 Å². The van der Waals surface area contributed by atoms with E-state index in [2.05, 4.69) is 52.5 Å². The minimum Gasteiger partial charge on any atom is -0.486 e. The number of fused-ring (bicyclic) bond motifs is 1. The van der Waals surface area contributed by atoms with Crippen LogP contribution in [0.15, 0.2) is 54.7 Å². The standard InChI is InChI=1S/C23H25N3O2/c1-25-12-10-20(24-25)18-6-4-17(5-7-18)16-26-11-2-3-21(26)19-8-9-22-23(15-19)28-14-13-27-22/h4-10,12,15,21H,2-3,11,13-14,16H2,1H3/t21-/m0/s1. The van der Waals surface area contributed by atoms with Crippen molar-refractivity contribution in [2.75, 3.05) is 19.8 Å². The van der Waals surface area contributed by atoms with Crippen molar-refractivity contribution < 1.29 is 9.47 Å². The van der Waals surface area contributed by atoms with E-state index < -0.39 is 0 Å². The molecule has 1 atom stereocenters. The first kappa shape index (κ1) is 17.3. The molecule has 144 valence electrons. The summed E-state index contributed by atoms with van der Waals surface area (Å²) < 4.78 is 13.3. The molecule has 3 aromatic rings. The molecule has 0 amide bonds. The van der Waals surface area contributed by atoms with Crippen molar-refractivity contribution in [3.8, 4) is 22.8 Å². The molecule has 0 unspecified atom stereocenters. The van der Waals surface area contributed by atoms with Gasteiger partial charge in [-0.25, -0.2) is 0 Å². The molecule has 0 saturated carbocycles. The van der Waals surface area contributed by atoms with Crippen molar-refractivity contribution in [2.24, 2.45) is 7.05 Å². The van der Waals surface area contributed by atoms with Crippen LogP contribution in [0, 0.1) is 0 Å². The predicted molar refractivity (Wildman–Crippen MR) is 108 cm³/mol. The van der Waals surface area contributed by atoms with Gasteiger partial charge in [-0.2, -0.15) is 5.10 Å². The van der Waals surface area contributed by atoms with Gasteiger partial charge in [0.2, 0.25) is 0 Å². The van der Waals surface area contributed by atoms with Crippen molar-refractivity contribution in [1.29, 1.82) is 0 Å². The van der Waals surface area contributed by atoms with Gasteiger partial charge in [-0.05, 0) is 48.7 Å². The lowest BCUT2D eigenvalue weighted by molar-refractivity contribution is 0.170. The molecule has 0 radical (unpaired) electrons. The van der Waals surface area contributed by atoms with E-state index in [1.54, 1.807) is 0 Å². The number of hydrogen-bond acceptors (Lipinski definition) is 4. The second kappa shape index (κ2) is 7.32. The molecule has 0 bridgehead atoms. The molecule has 1 aromatic heterocycles. The van der Waals surface area contributed by atoms with Gasteiger partial charge in [0.05, 0.1) is 5.69 Å². The van der Waals surface area contributed by atoms with Crippen LogP contribution in [0.5, 0.6) is 11.5 Å². The van der Waals surface area contributed by atoms with E-state index in [1.807, 2.05) is 24.0 Å². The highest BCUT2D eigenvalue weighted by atomic mass is 16.6. The summed E-state index contributed by atoms with van der Waals surface area (Å²) in [5.74, 6) is 1.75. The number of hydrogen-bond donors (Lipinski definition) is 0. The minimum atomic E-state index is 0.436. The summed E-state index contributed by atoms with van der Waals surface area (Å²) in [5.41, 5.74) is 4.84. The first-order valence-corrected chi connectivity index (χ1v) is 9.99. The van der Waals surface area contributed by atoms with Crippen LogP contribution in [0.2, 0.25) is 0 Å². The maximum Gasteiger partial charge on any atom is 0.161 e. The smallest absolute Gasteiger partial charge is 0.161 e. The van der Waals surface area contributed by atoms with Crippen molar-refractivity contribution >= 4 is 0 Å². The van der Waals surface area contributed by atoms with Crippen molar-refractivity contribution in [3.05, 3.63) is 65.9 Å². The first-order chi connectivity index (χ1) is 13.8. The molecule has 1 saturated heterocycles. The molecule has 5 rings (SSSR count). The van der Waals surface area contributed by atoms with Crippen LogP contribution < -0.4 is 9.47 Å². The third-order valence-corrected chi connectivity index (χ3v) is 5.66. The Labute approximate surface area is 165 Å². The predicted octanol–water partition coefficient (Wildman–Crippen LogP) is 4.20. The van der Waals surface area contributed by atoms with Gasteiger partial charge in [-0.15, -0.1) is 0 Å². The Bertz CT molecular complexity index is 964. The Balaban J connectivity index is 1.32. The molecular weight excluding hydrogens is 350 g/mol. The summed E-state index contributed by atoms with van der Waals surface area (Å²) in [4.78, 5) is 2.57. The molecule has 0 N–H and O–H groups in total. The number of likely N-dealkylation sites (tertiary alicyclic amines) is 1. The normalized spacial score (nSPS) is 19.1. The average molecular weight is 375 g/mol. The number of ether oxygens (including phenoxy) is 2. The topological polar surface area (TPSA) is 39.5 Å². The number of aryl methyl sites for hydroxylation is 1. The molecule has 28 heavy (non-hydrogen) atoms. The quantitative estimate of drug-likeness (QED) is 0.685. The lowest BCUT2D eigenvalue weighted by Crippen LogP contribution is -2.23. The van der Waals surface area contributed by atoms with E-state index in [1.165, 1.54) is 24.0 Å². The lowest BCUT2D eigenvalue weighted by Gasteiger charge is -2.26. The summed E-state index contributed by atoms with van der Waals surface area (Å²) in [6, 6.07) is 17.7. The van der Waals surface area contributed by atoms with E-state index in [4.69, 9.17) is 9.47 Å². The van der Waals surface area contributed by atoms with Crippen LogP contribution in [0.4, 0.5) is 0 Å². The third kappa shape index (κ3) is 3.38. The SMILES string of the molecule is Cn1ccc(-c2ccc(CN3CCC[C@H]3c3ccc4c(c3)OCCO4)cc2)n1. The molecule has 2 aliphatic rings. The summed E-state index contributed by atoms with van der Waals surface area (Å²) in [6.45, 7) is 3.35. The maximum atomic E-state index is 5.78. The van der Waals surface area contributed by atoms with Crippen molar-refractivity contribution in [1.82, 2.24) is 14.7 Å². The largest absolute Gasteiger partial charge is 0.486 e. The van der Waals surface area contributed by atoms with Gasteiger partial charge in [0.1, 0.15) is 13.2 Å². The molecule has 5 heteroatoms. The maximum absolute atomic E-state index is 5.78. The Kier molecular flexibility index (Phi) is 4.53. The second-order valence-electron chi connectivity index (χ2n) is 7.60. The number of benzene rings is 2. The van der Waals surface area contributed by atoms with Gasteiger partial charge >= 0.3 is 0 Å². The summed E-state index contributed by atoms with van der Waals surface area (Å²) in [7, 11) is 1.95. The van der Waals surface area contributed by atoms with E-state index in [0.717, 1.165) is 35.8 Å². The highest BCUT2D eigenvalue weighted by Gasteiger charge is 2.27. The zero-order valence-electron chi connectivity index (χ0n) is 16.2. The fourth-order valence-corrected chi connectivity index (χ4v) is 4.24. The molecule has 0 spiro atoms. The number of rotatable bonds is 4. The van der Waals surface area contributed by atoms with Gasteiger partial charge in [0.15, 0.2) is 11.5 Å². The highest BCUT2D eigenvalue weighted by Crippen LogP contribution is 2.38. The van der Waals surface area contributed by atoms with Gasteiger partial charge in [0, 0.05) is 31.4 Å². The van der Waals surface area contributed by atoms with Gasteiger partial charge < -0.3 is 9.47 Å². The molecule has 5 nitrogen and oxygen atoms in total. The summed E-state index contributed by atoms with van der Waals surface area (Å²) in [5, 5.41) is 4.48. The number of nitrogens with zero attached hydrogens (tertiary/aromatic N) is 3. The highest BCUT2D eigenvalue weighted by molar-refractivity contribution is 5.58. The Morgan fingerprint density at radius 1 is 1.00 bits per heavy atom. The van der Waals surface area contributed by atoms with Gasteiger partial charge in [-0.1, -0.05) is 30.3 Å². The Morgan fingerprint density at radius 3 is 2.61 bits per heavy atom. The minimum absolute atomic E-state index is 0.436. The average Bonchev–Trinajstić information content (AvgIpc) is 3.37. The van der Waals surface area contributed by atoms with Crippen LogP contribution >= 0.6 is 0 Å². The van der Waals surface area contributed by atoms with Crippen LogP contribution in [0.25, 0.3) is 11.3 Å². The Morgan fingerprint density at radius 2 is 1.82 bits per heavy atom. The zero-order valence-corrected chi connectivity index (χ0v) is 16.2. The molecule has 3 heterocycles. The van der Waals surface area contributed by atoms with E-state index in [9.17, 15) is 0 Å². The fourth-order valence-electron chi connectivity index (χ4n) is 4.24. The zero-order chi connectivity index (χ0) is 18.9. The molecule has 0 aliphatic carbocycles. The first-order valence-electron chi connectivity index (χ1n) is 9.99. The molecule has 2 aromatic carbocycles. The van der Waals surface area contributed by atoms with Crippen LogP contribution in [-0.2, 0) is 13.6 Å². The monoisotopic (exact) mass is 375 g/mol. The van der Waals surface area contributed by atoms with E-state index >= 15 is 0 Å². The van der Waals surface area contributed by atoms with Gasteiger partial charge in [-0.3, -0.25) is 9.58 Å². The molecule has 1 fully saturated rings. The fraction of sp³-hybridized carbons (Fsp3) is 0.348. The van der Waals surface area contributed by atoms with Crippen LogP contribution in [0.3, 0.4) is 0 Å². The van der Waals surface area contributed by atoms with E-state index in [-0.39, 0.29) is 0 Å². The summed E-state index contributed by atoms with van der Waals surface area (Å²) >= 11 is 0.